The summed E-state index contributed by atoms with van der Waals surface area (Å²) >= 11 is 0. The van der Waals surface area contributed by atoms with Crippen LogP contribution in [0.2, 0.25) is 0 Å². The lowest BCUT2D eigenvalue weighted by molar-refractivity contribution is 0.374. The van der Waals surface area contributed by atoms with Crippen LogP contribution in [0.4, 0.5) is 5.69 Å². The Morgan fingerprint density at radius 3 is 2.35 bits per heavy atom. The molecule has 0 unspecified atom stereocenters. The summed E-state index contributed by atoms with van der Waals surface area (Å²) in [6.07, 6.45) is -0.763. The lowest BCUT2D eigenvalue weighted by Gasteiger charge is -2.07. The Hall–Kier alpha value is -1.08. The van der Waals surface area contributed by atoms with Crippen molar-refractivity contribution in [1.29, 1.82) is 0 Å². The van der Waals surface area contributed by atoms with Crippen LogP contribution in [0.3, 0.4) is 0 Å². The zero-order valence-corrected chi connectivity index (χ0v) is 10.4. The van der Waals surface area contributed by atoms with E-state index in [0.717, 1.165) is 6.07 Å². The van der Waals surface area contributed by atoms with Gasteiger partial charge in [-0.25, -0.2) is 8.42 Å². The van der Waals surface area contributed by atoms with Crippen LogP contribution < -0.4 is 5.73 Å². The van der Waals surface area contributed by atoms with Crippen molar-refractivity contribution in [3.05, 3.63) is 18.2 Å². The van der Waals surface area contributed by atoms with E-state index in [9.17, 15) is 18.1 Å². The molecular formula is C8H12NO6PS. The van der Waals surface area contributed by atoms with Crippen molar-refractivity contribution < 1.29 is 27.9 Å². The van der Waals surface area contributed by atoms with E-state index in [0.29, 0.717) is 0 Å². The average Bonchev–Trinajstić information content (AvgIpc) is 2.18. The van der Waals surface area contributed by atoms with Crippen LogP contribution >= 0.6 is 7.60 Å². The Kier molecular flexibility index (Phi) is 3.83. The highest BCUT2D eigenvalue weighted by atomic mass is 32.2. The van der Waals surface area contributed by atoms with Gasteiger partial charge < -0.3 is 20.6 Å². The Bertz CT molecular complexity index is 563. The first kappa shape index (κ1) is 14.0. The third-order valence-corrected chi connectivity index (χ3v) is 4.83. The molecule has 0 atom stereocenters. The van der Waals surface area contributed by atoms with Gasteiger partial charge in [0, 0.05) is 6.07 Å². The highest BCUT2D eigenvalue weighted by Gasteiger charge is 2.22. The van der Waals surface area contributed by atoms with Gasteiger partial charge in [0.2, 0.25) is 0 Å². The summed E-state index contributed by atoms with van der Waals surface area (Å²) in [5.74, 6) is -1.08. The maximum absolute atomic E-state index is 11.6. The van der Waals surface area contributed by atoms with Crippen molar-refractivity contribution in [2.24, 2.45) is 0 Å². The summed E-state index contributed by atoms with van der Waals surface area (Å²) in [6, 6.07) is 3.33. The number of hydrogen-bond acceptors (Lipinski definition) is 5. The number of aromatic hydroxyl groups is 1. The minimum Gasteiger partial charge on any atom is -0.506 e. The van der Waals surface area contributed by atoms with Gasteiger partial charge in [-0.05, 0) is 12.1 Å². The smallest absolute Gasteiger partial charge is 0.326 e. The van der Waals surface area contributed by atoms with Crippen molar-refractivity contribution >= 4 is 23.1 Å². The molecule has 0 saturated carbocycles. The van der Waals surface area contributed by atoms with E-state index in [1.54, 1.807) is 0 Å². The molecular weight excluding hydrogens is 269 g/mol. The monoisotopic (exact) mass is 281 g/mol. The first-order valence-electron chi connectivity index (χ1n) is 4.48. The summed E-state index contributed by atoms with van der Waals surface area (Å²) in [7, 11) is -8.21. The fourth-order valence-electron chi connectivity index (χ4n) is 1.07. The first-order valence-corrected chi connectivity index (χ1v) is 7.93. The molecule has 0 fully saturated rings. The highest BCUT2D eigenvalue weighted by Crippen LogP contribution is 2.35. The van der Waals surface area contributed by atoms with Gasteiger partial charge in [0.05, 0.1) is 22.5 Å². The summed E-state index contributed by atoms with van der Waals surface area (Å²) in [5.41, 5.74) is 5.33. The lowest BCUT2D eigenvalue weighted by atomic mass is 10.3. The number of benzene rings is 1. The molecule has 5 N–H and O–H groups in total. The molecule has 17 heavy (non-hydrogen) atoms. The third-order valence-electron chi connectivity index (χ3n) is 2.01. The van der Waals surface area contributed by atoms with E-state index in [-0.39, 0.29) is 16.3 Å². The van der Waals surface area contributed by atoms with Crippen LogP contribution in [0.25, 0.3) is 0 Å². The van der Waals surface area contributed by atoms with Gasteiger partial charge in [0.25, 0.3) is 0 Å². The number of phenols is 1. The molecule has 1 aromatic carbocycles. The third kappa shape index (κ3) is 4.01. The molecule has 0 radical (unpaired) electrons. The quantitative estimate of drug-likeness (QED) is 0.344. The molecule has 0 aliphatic carbocycles. The predicted octanol–water partition coefficient (Wildman–Crippen LogP) is -0.0742. The molecule has 0 heterocycles. The van der Waals surface area contributed by atoms with Gasteiger partial charge in [-0.2, -0.15) is 0 Å². The highest BCUT2D eigenvalue weighted by molar-refractivity contribution is 7.91. The van der Waals surface area contributed by atoms with Gasteiger partial charge in [-0.3, -0.25) is 4.57 Å². The normalized spacial score (nSPS) is 12.6. The number of rotatable bonds is 4. The molecule has 0 aliphatic rings. The molecule has 0 aliphatic heterocycles. The minimum absolute atomic E-state index is 0.0268. The molecule has 7 nitrogen and oxygen atoms in total. The van der Waals surface area contributed by atoms with Crippen molar-refractivity contribution in [3.8, 4) is 5.75 Å². The molecule has 0 spiro atoms. The Morgan fingerprint density at radius 2 is 1.88 bits per heavy atom. The second kappa shape index (κ2) is 4.66. The van der Waals surface area contributed by atoms with Crippen molar-refractivity contribution in [3.63, 3.8) is 0 Å². The molecule has 1 rings (SSSR count). The Morgan fingerprint density at radius 1 is 1.29 bits per heavy atom. The summed E-state index contributed by atoms with van der Waals surface area (Å²) in [6.45, 7) is 0. The maximum Gasteiger partial charge on any atom is 0.326 e. The molecule has 96 valence electrons. The topological polar surface area (TPSA) is 138 Å². The van der Waals surface area contributed by atoms with E-state index in [1.165, 1.54) is 12.1 Å². The zero-order chi connectivity index (χ0) is 13.3. The average molecular weight is 281 g/mol. The number of hydrogen-bond donors (Lipinski definition) is 4. The Labute approximate surface area is 98.0 Å². The number of nitrogens with two attached hydrogens (primary N) is 1. The summed E-state index contributed by atoms with van der Waals surface area (Å²) in [5, 5.41) is 9.25. The number of sulfone groups is 1. The molecule has 1 aromatic rings. The van der Waals surface area contributed by atoms with Crippen LogP contribution in [0.5, 0.6) is 5.75 Å². The maximum atomic E-state index is 11.6. The van der Waals surface area contributed by atoms with Crippen LogP contribution in [0.1, 0.15) is 0 Å². The van der Waals surface area contributed by atoms with Crippen LogP contribution in [0, 0.1) is 0 Å². The number of anilines is 1. The van der Waals surface area contributed by atoms with E-state index in [2.05, 4.69) is 0 Å². The summed E-state index contributed by atoms with van der Waals surface area (Å²) in [4.78, 5) is 17.0. The molecule has 0 bridgehead atoms. The van der Waals surface area contributed by atoms with E-state index < -0.39 is 29.3 Å². The predicted molar refractivity (Wildman–Crippen MR) is 61.5 cm³/mol. The number of phenolic OH excluding ortho intramolecular Hbond substituents is 1. The van der Waals surface area contributed by atoms with Crippen molar-refractivity contribution in [2.75, 3.05) is 17.6 Å². The van der Waals surface area contributed by atoms with Crippen LogP contribution in [-0.4, -0.2) is 35.2 Å². The zero-order valence-electron chi connectivity index (χ0n) is 8.65. The Balaban J connectivity index is 2.98. The number of nitrogen functional groups attached to an aromatic ring is 1. The lowest BCUT2D eigenvalue weighted by Crippen LogP contribution is -2.10. The molecule has 9 heteroatoms. The SMILES string of the molecule is Nc1ccc(S(=O)(=O)CCP(=O)(O)O)cc1O. The van der Waals surface area contributed by atoms with E-state index >= 15 is 0 Å². The van der Waals surface area contributed by atoms with Crippen molar-refractivity contribution in [1.82, 2.24) is 0 Å². The van der Waals surface area contributed by atoms with Crippen LogP contribution in [0.15, 0.2) is 23.1 Å². The summed E-state index contributed by atoms with van der Waals surface area (Å²) < 4.78 is 33.9. The second-order valence-corrected chi connectivity index (χ2v) is 7.31. The standard InChI is InChI=1S/C8H12NO6PS/c9-7-2-1-6(5-8(7)10)17(14,15)4-3-16(11,12)13/h1-2,5,10H,3-4,9H2,(H2,11,12,13). The van der Waals surface area contributed by atoms with E-state index in [1.807, 2.05) is 0 Å². The fraction of sp³-hybridized carbons (Fsp3) is 0.250. The van der Waals surface area contributed by atoms with Gasteiger partial charge in [0.1, 0.15) is 5.75 Å². The molecule has 0 aromatic heterocycles. The van der Waals surface area contributed by atoms with Crippen molar-refractivity contribution in [2.45, 2.75) is 4.90 Å². The first-order chi connectivity index (χ1) is 7.62. The fourth-order valence-corrected chi connectivity index (χ4v) is 3.79. The van der Waals surface area contributed by atoms with Crippen LogP contribution in [-0.2, 0) is 14.4 Å². The van der Waals surface area contributed by atoms with Gasteiger partial charge in [-0.1, -0.05) is 0 Å². The second-order valence-electron chi connectivity index (χ2n) is 3.43. The largest absolute Gasteiger partial charge is 0.506 e. The van der Waals surface area contributed by atoms with Gasteiger partial charge in [0.15, 0.2) is 9.84 Å². The van der Waals surface area contributed by atoms with Gasteiger partial charge in [-0.15, -0.1) is 0 Å². The van der Waals surface area contributed by atoms with Gasteiger partial charge >= 0.3 is 7.60 Å². The molecule has 0 saturated heterocycles. The molecule has 0 amide bonds. The van der Waals surface area contributed by atoms with E-state index in [4.69, 9.17) is 15.5 Å². The minimum atomic E-state index is -4.37.